The molecule has 0 bridgehead atoms. The number of amides is 2. The second-order valence-corrected chi connectivity index (χ2v) is 5.55. The molecule has 118 valence electrons. The van der Waals surface area contributed by atoms with Crippen LogP contribution in [0.25, 0.3) is 0 Å². The van der Waals surface area contributed by atoms with E-state index in [4.69, 9.17) is 11.6 Å². The summed E-state index contributed by atoms with van der Waals surface area (Å²) in [4.78, 5) is 14.1. The van der Waals surface area contributed by atoms with Crippen molar-refractivity contribution in [2.75, 3.05) is 19.6 Å². The highest BCUT2D eigenvalue weighted by Crippen LogP contribution is 2.12. The van der Waals surface area contributed by atoms with Gasteiger partial charge in [0.15, 0.2) is 0 Å². The minimum Gasteiger partial charge on any atom is -0.335 e. The molecule has 0 spiro atoms. The molecule has 5 heteroatoms. The van der Waals surface area contributed by atoms with E-state index in [1.165, 1.54) is 0 Å². The number of hydrogen-bond donors (Lipinski definition) is 2. The number of piperidine rings is 1. The number of nitrogens with zero attached hydrogens (tertiary/aromatic N) is 1. The molecule has 1 saturated heterocycles. The Labute approximate surface area is 132 Å². The topological polar surface area (TPSA) is 44.4 Å². The van der Waals surface area contributed by atoms with E-state index in [0.29, 0.717) is 19.1 Å². The van der Waals surface area contributed by atoms with E-state index in [-0.39, 0.29) is 13.5 Å². The van der Waals surface area contributed by atoms with E-state index < -0.39 is 0 Å². The monoisotopic (exact) mass is 311 g/mol. The summed E-state index contributed by atoms with van der Waals surface area (Å²) in [6.07, 6.45) is 2.01. The van der Waals surface area contributed by atoms with Gasteiger partial charge in [-0.15, -0.1) is 0 Å². The number of hydrogen-bond acceptors (Lipinski definition) is 2. The molecule has 1 fully saturated rings. The van der Waals surface area contributed by atoms with Gasteiger partial charge in [0.25, 0.3) is 0 Å². The molecule has 0 saturated carbocycles. The van der Waals surface area contributed by atoms with Gasteiger partial charge in [0.05, 0.1) is 0 Å². The Morgan fingerprint density at radius 1 is 1.33 bits per heavy atom. The smallest absolute Gasteiger partial charge is 0.317 e. The molecule has 2 amide bonds. The third-order valence-electron chi connectivity index (χ3n) is 3.62. The van der Waals surface area contributed by atoms with Crippen molar-refractivity contribution < 1.29 is 4.79 Å². The molecular formula is C16H26ClN3O. The second kappa shape index (κ2) is 8.90. The molecule has 0 atom stereocenters. The standard InChI is InChI=1S/C15H22ClN3O.CH4/c1-2-19(11-12-3-5-13(16)6-4-12)15(20)18-14-7-9-17-10-8-14;/h3-6,14,17H,2,7-11H2,1H3,(H,18,20);1H4. The van der Waals surface area contributed by atoms with Crippen molar-refractivity contribution in [2.45, 2.75) is 39.8 Å². The van der Waals surface area contributed by atoms with E-state index in [1.54, 1.807) is 0 Å². The van der Waals surface area contributed by atoms with Gasteiger partial charge in [-0.25, -0.2) is 4.79 Å². The van der Waals surface area contributed by atoms with Crippen molar-refractivity contribution in [3.05, 3.63) is 34.9 Å². The highest BCUT2D eigenvalue weighted by Gasteiger charge is 2.18. The normalized spacial score (nSPS) is 15.1. The van der Waals surface area contributed by atoms with Crippen LogP contribution in [0.4, 0.5) is 4.79 Å². The molecule has 4 nitrogen and oxygen atoms in total. The number of rotatable bonds is 4. The Morgan fingerprint density at radius 3 is 2.52 bits per heavy atom. The predicted octanol–water partition coefficient (Wildman–Crippen LogP) is 3.26. The van der Waals surface area contributed by atoms with Crippen LogP contribution in [0.1, 0.15) is 32.8 Å². The van der Waals surface area contributed by atoms with Crippen molar-refractivity contribution in [1.29, 1.82) is 0 Å². The summed E-state index contributed by atoms with van der Waals surface area (Å²) in [5.41, 5.74) is 1.09. The van der Waals surface area contributed by atoms with Gasteiger partial charge in [0.2, 0.25) is 0 Å². The summed E-state index contributed by atoms with van der Waals surface area (Å²) >= 11 is 5.87. The van der Waals surface area contributed by atoms with E-state index >= 15 is 0 Å². The highest BCUT2D eigenvalue weighted by atomic mass is 35.5. The number of carbonyl (C=O) groups excluding carboxylic acids is 1. The van der Waals surface area contributed by atoms with Crippen molar-refractivity contribution in [2.24, 2.45) is 0 Å². The van der Waals surface area contributed by atoms with Crippen LogP contribution in [0, 0.1) is 0 Å². The molecule has 1 aliphatic heterocycles. The van der Waals surface area contributed by atoms with E-state index in [2.05, 4.69) is 10.6 Å². The van der Waals surface area contributed by atoms with E-state index in [1.807, 2.05) is 36.1 Å². The molecule has 0 aromatic heterocycles. The first kappa shape index (κ1) is 17.8. The largest absolute Gasteiger partial charge is 0.335 e. The fraction of sp³-hybridized carbons (Fsp3) is 0.562. The van der Waals surface area contributed by atoms with Gasteiger partial charge in [0, 0.05) is 24.2 Å². The zero-order valence-electron chi connectivity index (χ0n) is 11.9. The Hall–Kier alpha value is -1.26. The van der Waals surface area contributed by atoms with Gasteiger partial charge in [-0.1, -0.05) is 31.2 Å². The number of nitrogens with one attached hydrogen (secondary N) is 2. The van der Waals surface area contributed by atoms with Gasteiger partial charge < -0.3 is 15.5 Å². The van der Waals surface area contributed by atoms with E-state index in [0.717, 1.165) is 36.5 Å². The molecular weight excluding hydrogens is 286 g/mol. The lowest BCUT2D eigenvalue weighted by atomic mass is 10.1. The molecule has 1 aromatic carbocycles. The molecule has 1 aliphatic rings. The lowest BCUT2D eigenvalue weighted by molar-refractivity contribution is 0.191. The summed E-state index contributed by atoms with van der Waals surface area (Å²) < 4.78 is 0. The van der Waals surface area contributed by atoms with E-state index in [9.17, 15) is 4.79 Å². The molecule has 2 rings (SSSR count). The number of urea groups is 1. The molecule has 1 heterocycles. The van der Waals surface area contributed by atoms with Gasteiger partial charge in [-0.2, -0.15) is 0 Å². The quantitative estimate of drug-likeness (QED) is 0.896. The van der Waals surface area contributed by atoms with Crippen LogP contribution in [0.3, 0.4) is 0 Å². The zero-order chi connectivity index (χ0) is 14.4. The lowest BCUT2D eigenvalue weighted by Crippen LogP contribution is -2.48. The number of halogens is 1. The fourth-order valence-corrected chi connectivity index (χ4v) is 2.50. The SMILES string of the molecule is C.CCN(Cc1ccc(Cl)cc1)C(=O)NC1CCNCC1. The summed E-state index contributed by atoms with van der Waals surface area (Å²) in [5, 5.41) is 7.14. The highest BCUT2D eigenvalue weighted by molar-refractivity contribution is 6.30. The van der Waals surface area contributed by atoms with Crippen LogP contribution >= 0.6 is 11.6 Å². The molecule has 0 radical (unpaired) electrons. The van der Waals surface area contributed by atoms with Crippen LogP contribution in [-0.4, -0.2) is 36.6 Å². The zero-order valence-corrected chi connectivity index (χ0v) is 12.6. The molecule has 2 N–H and O–H groups in total. The molecule has 1 aromatic rings. The van der Waals surface area contributed by atoms with Crippen molar-refractivity contribution >= 4 is 17.6 Å². The Kier molecular flexibility index (Phi) is 7.54. The number of carbonyl (C=O) groups is 1. The van der Waals surface area contributed by atoms with Crippen LogP contribution in [-0.2, 0) is 6.54 Å². The summed E-state index contributed by atoms with van der Waals surface area (Å²) in [5.74, 6) is 0. The van der Waals surface area contributed by atoms with Crippen LogP contribution in [0.5, 0.6) is 0 Å². The van der Waals surface area contributed by atoms with Crippen molar-refractivity contribution in [3.63, 3.8) is 0 Å². The minimum absolute atomic E-state index is 0. The van der Waals surface area contributed by atoms with Crippen molar-refractivity contribution in [1.82, 2.24) is 15.5 Å². The summed E-state index contributed by atoms with van der Waals surface area (Å²) in [6.45, 7) is 5.27. The first-order chi connectivity index (χ1) is 9.69. The van der Waals surface area contributed by atoms with Crippen LogP contribution in [0.2, 0.25) is 5.02 Å². The van der Waals surface area contributed by atoms with Crippen molar-refractivity contribution in [3.8, 4) is 0 Å². The maximum Gasteiger partial charge on any atom is 0.317 e. The first-order valence-corrected chi connectivity index (χ1v) is 7.57. The Balaban J connectivity index is 0.00000220. The summed E-state index contributed by atoms with van der Waals surface area (Å²) in [7, 11) is 0. The van der Waals surface area contributed by atoms with Crippen LogP contribution < -0.4 is 10.6 Å². The Bertz CT molecular complexity index is 430. The van der Waals surface area contributed by atoms with Gasteiger partial charge in [-0.3, -0.25) is 0 Å². The van der Waals surface area contributed by atoms with Gasteiger partial charge >= 0.3 is 6.03 Å². The first-order valence-electron chi connectivity index (χ1n) is 7.19. The molecule has 21 heavy (non-hydrogen) atoms. The average molecular weight is 312 g/mol. The predicted molar refractivity (Wildman–Crippen MR) is 88.7 cm³/mol. The fourth-order valence-electron chi connectivity index (χ4n) is 2.37. The molecule has 0 aliphatic carbocycles. The maximum absolute atomic E-state index is 12.3. The minimum atomic E-state index is 0. The third kappa shape index (κ3) is 5.56. The number of benzene rings is 1. The third-order valence-corrected chi connectivity index (χ3v) is 3.87. The Morgan fingerprint density at radius 2 is 1.95 bits per heavy atom. The van der Waals surface area contributed by atoms with Gasteiger partial charge in [0.1, 0.15) is 0 Å². The summed E-state index contributed by atoms with van der Waals surface area (Å²) in [6, 6.07) is 7.95. The molecule has 0 unspecified atom stereocenters. The lowest BCUT2D eigenvalue weighted by Gasteiger charge is -2.28. The second-order valence-electron chi connectivity index (χ2n) is 5.11. The average Bonchev–Trinajstić information content (AvgIpc) is 2.47. The van der Waals surface area contributed by atoms with Crippen LogP contribution in [0.15, 0.2) is 24.3 Å². The maximum atomic E-state index is 12.3. The van der Waals surface area contributed by atoms with Gasteiger partial charge in [-0.05, 0) is 50.6 Å².